The first-order valence-corrected chi connectivity index (χ1v) is 9.59. The highest BCUT2D eigenvalue weighted by molar-refractivity contribution is 5.85. The Kier molecular flexibility index (Phi) is 3.56. The number of nitrogens with zero attached hydrogens (tertiary/aromatic N) is 3. The molecule has 0 spiro atoms. The number of hydrogen-bond acceptors (Lipinski definition) is 4. The van der Waals surface area contributed by atoms with Crippen LogP contribution in [0, 0.1) is 0 Å². The summed E-state index contributed by atoms with van der Waals surface area (Å²) in [6, 6.07) is 14.5. The van der Waals surface area contributed by atoms with Gasteiger partial charge in [0.15, 0.2) is 0 Å². The predicted octanol–water partition coefficient (Wildman–Crippen LogP) is 3.66. The van der Waals surface area contributed by atoms with Crippen molar-refractivity contribution in [1.82, 2.24) is 15.3 Å². The van der Waals surface area contributed by atoms with E-state index in [2.05, 4.69) is 70.4 Å². The normalized spacial score (nSPS) is 22.9. The number of amides is 1. The quantitative estimate of drug-likeness (QED) is 0.748. The van der Waals surface area contributed by atoms with Gasteiger partial charge in [0.05, 0.1) is 11.0 Å². The molecule has 3 aromatic rings. The van der Waals surface area contributed by atoms with E-state index in [1.165, 1.54) is 11.3 Å². The Hall–Kier alpha value is -3.21. The second kappa shape index (κ2) is 5.89. The maximum Gasteiger partial charge on any atom is 0.223 e. The standard InChI is InChI=1S/C23H22N4O/c1-22(2)17-5-3-4-6-20(17)27-14-10-21(28)26-23(22,27)11-9-16-7-8-18-19(15-16)25-13-12-24-18/h3-9,11-13,15H,10,14H2,1-2H3,(H,26,28). The molecule has 0 saturated carbocycles. The van der Waals surface area contributed by atoms with Gasteiger partial charge in [-0.3, -0.25) is 14.8 Å². The van der Waals surface area contributed by atoms with Gasteiger partial charge in [0.25, 0.3) is 0 Å². The van der Waals surface area contributed by atoms with Crippen molar-refractivity contribution in [1.29, 1.82) is 0 Å². The third-order valence-electron chi connectivity index (χ3n) is 6.15. The van der Waals surface area contributed by atoms with Crippen LogP contribution in [0.3, 0.4) is 0 Å². The number of hydrogen-bond donors (Lipinski definition) is 1. The Morgan fingerprint density at radius 1 is 1.07 bits per heavy atom. The molecule has 2 aromatic carbocycles. The van der Waals surface area contributed by atoms with Crippen molar-refractivity contribution in [3.63, 3.8) is 0 Å². The molecule has 0 bridgehead atoms. The minimum absolute atomic E-state index is 0.0890. The number of aromatic nitrogens is 2. The summed E-state index contributed by atoms with van der Waals surface area (Å²) in [6.45, 7) is 5.11. The van der Waals surface area contributed by atoms with Gasteiger partial charge in [0.2, 0.25) is 5.91 Å². The van der Waals surface area contributed by atoms with Crippen LogP contribution in [-0.4, -0.2) is 28.1 Å². The molecule has 28 heavy (non-hydrogen) atoms. The van der Waals surface area contributed by atoms with Crippen molar-refractivity contribution in [2.45, 2.75) is 31.3 Å². The van der Waals surface area contributed by atoms with Crippen LogP contribution in [0.5, 0.6) is 0 Å². The van der Waals surface area contributed by atoms with Gasteiger partial charge in [-0.25, -0.2) is 0 Å². The minimum atomic E-state index is -0.594. The number of carbonyl (C=O) groups excluding carboxylic acids is 1. The molecule has 2 aliphatic rings. The van der Waals surface area contributed by atoms with Crippen molar-refractivity contribution in [3.05, 3.63) is 72.1 Å². The second-order valence-corrected chi connectivity index (χ2v) is 8.00. The monoisotopic (exact) mass is 370 g/mol. The number of nitrogens with one attached hydrogen (secondary N) is 1. The van der Waals surface area contributed by atoms with E-state index in [-0.39, 0.29) is 11.3 Å². The van der Waals surface area contributed by atoms with Crippen LogP contribution in [-0.2, 0) is 10.2 Å². The van der Waals surface area contributed by atoms with Crippen molar-refractivity contribution >= 4 is 28.7 Å². The molecular formula is C23H22N4O. The molecule has 1 amide bonds. The molecule has 5 rings (SSSR count). The zero-order chi connectivity index (χ0) is 19.4. The zero-order valence-corrected chi connectivity index (χ0v) is 16.0. The summed E-state index contributed by atoms with van der Waals surface area (Å²) in [5.41, 5.74) is 4.36. The summed E-state index contributed by atoms with van der Waals surface area (Å²) < 4.78 is 0. The first kappa shape index (κ1) is 16.9. The molecule has 140 valence electrons. The van der Waals surface area contributed by atoms with Gasteiger partial charge in [-0.05, 0) is 35.4 Å². The van der Waals surface area contributed by atoms with Crippen LogP contribution in [0.2, 0.25) is 0 Å². The Labute approximate surface area is 164 Å². The topological polar surface area (TPSA) is 58.1 Å². The smallest absolute Gasteiger partial charge is 0.223 e. The van der Waals surface area contributed by atoms with E-state index in [0.29, 0.717) is 13.0 Å². The molecule has 1 unspecified atom stereocenters. The summed E-state index contributed by atoms with van der Waals surface area (Å²) in [4.78, 5) is 23.5. The Morgan fingerprint density at radius 2 is 1.86 bits per heavy atom. The first-order valence-electron chi connectivity index (χ1n) is 9.59. The highest BCUT2D eigenvalue weighted by Crippen LogP contribution is 2.52. The zero-order valence-electron chi connectivity index (χ0n) is 16.0. The van der Waals surface area contributed by atoms with Crippen LogP contribution in [0.1, 0.15) is 31.4 Å². The van der Waals surface area contributed by atoms with Gasteiger partial charge in [0.1, 0.15) is 5.66 Å². The van der Waals surface area contributed by atoms with Gasteiger partial charge >= 0.3 is 0 Å². The van der Waals surface area contributed by atoms with Crippen LogP contribution >= 0.6 is 0 Å². The van der Waals surface area contributed by atoms with Crippen molar-refractivity contribution < 1.29 is 4.79 Å². The highest BCUT2D eigenvalue weighted by atomic mass is 16.2. The average molecular weight is 370 g/mol. The summed E-state index contributed by atoms with van der Waals surface area (Å²) in [5.74, 6) is 0.0890. The van der Waals surface area contributed by atoms with Crippen LogP contribution < -0.4 is 10.2 Å². The fourth-order valence-electron chi connectivity index (χ4n) is 4.62. The lowest BCUT2D eigenvalue weighted by Gasteiger charge is -2.49. The predicted molar refractivity (Wildman–Crippen MR) is 111 cm³/mol. The minimum Gasteiger partial charge on any atom is -0.344 e. The molecule has 0 aliphatic carbocycles. The fraction of sp³-hybridized carbons (Fsp3) is 0.261. The Morgan fingerprint density at radius 3 is 2.71 bits per heavy atom. The highest BCUT2D eigenvalue weighted by Gasteiger charge is 2.57. The van der Waals surface area contributed by atoms with E-state index in [1.807, 2.05) is 18.2 Å². The largest absolute Gasteiger partial charge is 0.344 e. The molecule has 1 saturated heterocycles. The van der Waals surface area contributed by atoms with Crippen LogP contribution in [0.15, 0.2) is 60.9 Å². The molecule has 5 heteroatoms. The molecule has 1 fully saturated rings. The molecule has 1 aromatic heterocycles. The van der Waals surface area contributed by atoms with Gasteiger partial charge in [0, 0.05) is 36.5 Å². The van der Waals surface area contributed by atoms with Gasteiger partial charge in [-0.1, -0.05) is 44.2 Å². The van der Waals surface area contributed by atoms with E-state index >= 15 is 0 Å². The lowest BCUT2D eigenvalue weighted by Crippen LogP contribution is -2.68. The molecule has 2 aliphatic heterocycles. The number of benzene rings is 2. The second-order valence-electron chi connectivity index (χ2n) is 8.00. The first-order chi connectivity index (χ1) is 13.5. The van der Waals surface area contributed by atoms with Gasteiger partial charge in [-0.15, -0.1) is 0 Å². The summed E-state index contributed by atoms with van der Waals surface area (Å²) >= 11 is 0. The fourth-order valence-corrected chi connectivity index (χ4v) is 4.62. The molecule has 1 atom stereocenters. The number of para-hydroxylation sites is 1. The van der Waals surface area contributed by atoms with Crippen molar-refractivity contribution in [2.75, 3.05) is 11.4 Å². The van der Waals surface area contributed by atoms with E-state index in [1.54, 1.807) is 12.4 Å². The number of carbonyl (C=O) groups is 1. The lowest BCUT2D eigenvalue weighted by atomic mass is 9.74. The molecule has 3 heterocycles. The number of anilines is 1. The van der Waals surface area contributed by atoms with E-state index in [9.17, 15) is 4.79 Å². The van der Waals surface area contributed by atoms with E-state index < -0.39 is 5.66 Å². The number of rotatable bonds is 2. The summed E-state index contributed by atoms with van der Waals surface area (Å²) in [5, 5.41) is 3.31. The Bertz CT molecular complexity index is 1120. The molecular weight excluding hydrogens is 348 g/mol. The number of fused-ring (bicyclic) bond motifs is 4. The maximum atomic E-state index is 12.4. The van der Waals surface area contributed by atoms with Gasteiger partial charge < -0.3 is 10.2 Å². The lowest BCUT2D eigenvalue weighted by molar-refractivity contribution is -0.124. The van der Waals surface area contributed by atoms with E-state index in [4.69, 9.17) is 0 Å². The summed E-state index contributed by atoms with van der Waals surface area (Å²) in [6.07, 6.45) is 8.13. The summed E-state index contributed by atoms with van der Waals surface area (Å²) in [7, 11) is 0. The third-order valence-corrected chi connectivity index (χ3v) is 6.15. The van der Waals surface area contributed by atoms with Crippen LogP contribution in [0.25, 0.3) is 17.1 Å². The molecule has 1 N–H and O–H groups in total. The molecule has 0 radical (unpaired) electrons. The maximum absolute atomic E-state index is 12.4. The van der Waals surface area contributed by atoms with Crippen molar-refractivity contribution in [3.8, 4) is 0 Å². The van der Waals surface area contributed by atoms with Gasteiger partial charge in [-0.2, -0.15) is 0 Å². The average Bonchev–Trinajstić information content (AvgIpc) is 2.90. The van der Waals surface area contributed by atoms with E-state index in [0.717, 1.165) is 16.6 Å². The molecule has 5 nitrogen and oxygen atoms in total. The SMILES string of the molecule is CC1(C)c2ccccc2N2CCC(=O)NC21C=Cc1ccc2nccnc2c1. The third kappa shape index (κ3) is 2.29. The van der Waals surface area contributed by atoms with Crippen molar-refractivity contribution in [2.24, 2.45) is 0 Å². The Balaban J connectivity index is 1.62. The van der Waals surface area contributed by atoms with Crippen LogP contribution in [0.4, 0.5) is 5.69 Å².